The predicted octanol–water partition coefficient (Wildman–Crippen LogP) is 4.24. The minimum absolute atomic E-state index is 0.842. The van der Waals surface area contributed by atoms with Gasteiger partial charge in [0.25, 0.3) is 0 Å². The van der Waals surface area contributed by atoms with Crippen LogP contribution in [0.25, 0.3) is 0 Å². The Hall–Kier alpha value is -3.14. The molecule has 130 valence electrons. The lowest BCUT2D eigenvalue weighted by atomic mass is 10.1. The summed E-state index contributed by atoms with van der Waals surface area (Å²) in [7, 11) is 0. The van der Waals surface area contributed by atoms with Gasteiger partial charge in [-0.2, -0.15) is 0 Å². The van der Waals surface area contributed by atoms with Gasteiger partial charge in [0.05, 0.1) is 0 Å². The fourth-order valence-corrected chi connectivity index (χ4v) is 4.19. The Morgan fingerprint density at radius 2 is 1.00 bits per heavy atom. The van der Waals surface area contributed by atoms with Gasteiger partial charge in [0, 0.05) is 47.2 Å². The Balaban J connectivity index is 1.43. The van der Waals surface area contributed by atoms with Crippen molar-refractivity contribution in [1.29, 1.82) is 0 Å². The van der Waals surface area contributed by atoms with Gasteiger partial charge in [0.15, 0.2) is 0 Å². The second-order valence-electron chi connectivity index (χ2n) is 7.10. The van der Waals surface area contributed by atoms with Crippen molar-refractivity contribution in [2.45, 2.75) is 12.8 Å². The lowest BCUT2D eigenvalue weighted by molar-refractivity contribution is 0.989. The van der Waals surface area contributed by atoms with E-state index in [9.17, 15) is 0 Å². The molecule has 0 saturated heterocycles. The molecule has 2 aliphatic rings. The SMILES string of the molecule is Nc1ccc2c(c1)CCN2c1ccc(N2CCc3cc(N)ccc32)cc1. The number of rotatable bonds is 2. The number of fused-ring (bicyclic) bond motifs is 2. The standard InChI is InChI=1S/C22H22N4/c23-17-1-7-21-15(13-17)9-11-25(21)19-3-5-20(6-4-19)26-12-10-16-14-18(24)2-8-22(16)26/h1-8,13-14H,9-12,23-24H2. The monoisotopic (exact) mass is 342 g/mol. The molecule has 4 heteroatoms. The lowest BCUT2D eigenvalue weighted by Crippen LogP contribution is -2.15. The highest BCUT2D eigenvalue weighted by Gasteiger charge is 2.23. The molecule has 0 radical (unpaired) electrons. The van der Waals surface area contributed by atoms with E-state index in [-0.39, 0.29) is 0 Å². The fraction of sp³-hybridized carbons (Fsp3) is 0.182. The highest BCUT2D eigenvalue weighted by Crippen LogP contribution is 2.39. The smallest absolute Gasteiger partial charge is 0.0445 e. The largest absolute Gasteiger partial charge is 0.399 e. The van der Waals surface area contributed by atoms with Crippen LogP contribution in [0.1, 0.15) is 11.1 Å². The molecular weight excluding hydrogens is 320 g/mol. The van der Waals surface area contributed by atoms with E-state index in [0.717, 1.165) is 37.3 Å². The minimum Gasteiger partial charge on any atom is -0.399 e. The van der Waals surface area contributed by atoms with Crippen molar-refractivity contribution < 1.29 is 0 Å². The third-order valence-electron chi connectivity index (χ3n) is 5.47. The van der Waals surface area contributed by atoms with Gasteiger partial charge in [0.1, 0.15) is 0 Å². The van der Waals surface area contributed by atoms with Gasteiger partial charge >= 0.3 is 0 Å². The first-order chi connectivity index (χ1) is 12.7. The van der Waals surface area contributed by atoms with Crippen molar-refractivity contribution in [3.8, 4) is 0 Å². The first-order valence-corrected chi connectivity index (χ1v) is 9.11. The van der Waals surface area contributed by atoms with Crippen LogP contribution in [0.15, 0.2) is 60.7 Å². The first-order valence-electron chi connectivity index (χ1n) is 9.11. The molecular formula is C22H22N4. The first kappa shape index (κ1) is 15.1. The second kappa shape index (κ2) is 5.70. The fourth-order valence-electron chi connectivity index (χ4n) is 4.19. The van der Waals surface area contributed by atoms with Crippen LogP contribution in [0.2, 0.25) is 0 Å². The summed E-state index contributed by atoms with van der Waals surface area (Å²) < 4.78 is 0. The number of hydrogen-bond acceptors (Lipinski definition) is 4. The Morgan fingerprint density at radius 3 is 1.42 bits per heavy atom. The van der Waals surface area contributed by atoms with Gasteiger partial charge in [-0.15, -0.1) is 0 Å². The molecule has 0 aromatic heterocycles. The summed E-state index contributed by atoms with van der Waals surface area (Å²) in [5.74, 6) is 0. The molecule has 0 aliphatic carbocycles. The van der Waals surface area contributed by atoms with E-state index in [2.05, 4.69) is 58.3 Å². The zero-order chi connectivity index (χ0) is 17.7. The average Bonchev–Trinajstić information content (AvgIpc) is 3.25. The van der Waals surface area contributed by atoms with Crippen LogP contribution in [0.4, 0.5) is 34.1 Å². The topological polar surface area (TPSA) is 58.5 Å². The van der Waals surface area contributed by atoms with E-state index < -0.39 is 0 Å². The summed E-state index contributed by atoms with van der Waals surface area (Å²) >= 11 is 0. The van der Waals surface area contributed by atoms with Crippen molar-refractivity contribution >= 4 is 34.1 Å². The Labute approximate surface area is 153 Å². The number of nitrogen functional groups attached to an aromatic ring is 2. The summed E-state index contributed by atoms with van der Waals surface area (Å²) in [6.45, 7) is 2.01. The third kappa shape index (κ3) is 2.37. The van der Waals surface area contributed by atoms with Crippen LogP contribution < -0.4 is 21.3 Å². The van der Waals surface area contributed by atoms with Crippen LogP contribution >= 0.6 is 0 Å². The summed E-state index contributed by atoms with van der Waals surface area (Å²) in [5, 5.41) is 0. The molecule has 4 nitrogen and oxygen atoms in total. The Kier molecular flexibility index (Phi) is 3.32. The maximum Gasteiger partial charge on any atom is 0.0445 e. The van der Waals surface area contributed by atoms with Gasteiger partial charge in [-0.05, 0) is 84.6 Å². The maximum atomic E-state index is 5.92. The molecule has 3 aromatic carbocycles. The molecule has 0 atom stereocenters. The predicted molar refractivity (Wildman–Crippen MR) is 110 cm³/mol. The summed E-state index contributed by atoms with van der Waals surface area (Å²) in [6.07, 6.45) is 2.09. The molecule has 0 bridgehead atoms. The summed E-state index contributed by atoms with van der Waals surface area (Å²) in [6, 6.07) is 21.3. The number of nitrogens with zero attached hydrogens (tertiary/aromatic N) is 2. The zero-order valence-electron chi connectivity index (χ0n) is 14.7. The van der Waals surface area contributed by atoms with E-state index >= 15 is 0 Å². The highest BCUT2D eigenvalue weighted by molar-refractivity contribution is 5.76. The molecule has 0 saturated carbocycles. The Bertz CT molecular complexity index is 897. The summed E-state index contributed by atoms with van der Waals surface area (Å²) in [5.41, 5.74) is 21.2. The van der Waals surface area contributed by atoms with E-state index in [1.807, 2.05) is 12.1 Å². The quantitative estimate of drug-likeness (QED) is 0.684. The normalized spacial score (nSPS) is 15.2. The van der Waals surface area contributed by atoms with Crippen LogP contribution in [-0.2, 0) is 12.8 Å². The number of nitrogens with two attached hydrogens (primary N) is 2. The molecule has 0 unspecified atom stereocenters. The molecule has 26 heavy (non-hydrogen) atoms. The van der Waals surface area contributed by atoms with Gasteiger partial charge in [-0.1, -0.05) is 0 Å². The third-order valence-corrected chi connectivity index (χ3v) is 5.47. The van der Waals surface area contributed by atoms with Gasteiger partial charge < -0.3 is 21.3 Å². The van der Waals surface area contributed by atoms with E-state index in [4.69, 9.17) is 11.5 Å². The molecule has 0 amide bonds. The lowest BCUT2D eigenvalue weighted by Gasteiger charge is -2.23. The van der Waals surface area contributed by atoms with Crippen molar-refractivity contribution in [1.82, 2.24) is 0 Å². The molecule has 0 spiro atoms. The van der Waals surface area contributed by atoms with Gasteiger partial charge in [0.2, 0.25) is 0 Å². The molecule has 5 rings (SSSR count). The number of hydrogen-bond donors (Lipinski definition) is 2. The maximum absolute atomic E-state index is 5.92. The molecule has 0 fully saturated rings. The minimum atomic E-state index is 0.842. The molecule has 2 aliphatic heterocycles. The number of anilines is 6. The van der Waals surface area contributed by atoms with E-state index in [1.165, 1.54) is 33.9 Å². The number of benzene rings is 3. The zero-order valence-corrected chi connectivity index (χ0v) is 14.7. The van der Waals surface area contributed by atoms with Crippen LogP contribution in [0.3, 0.4) is 0 Å². The summed E-state index contributed by atoms with van der Waals surface area (Å²) in [4.78, 5) is 4.74. The molecule has 4 N–H and O–H groups in total. The second-order valence-corrected chi connectivity index (χ2v) is 7.10. The highest BCUT2D eigenvalue weighted by atomic mass is 15.2. The van der Waals surface area contributed by atoms with Crippen molar-refractivity contribution in [2.24, 2.45) is 0 Å². The van der Waals surface area contributed by atoms with Gasteiger partial charge in [-0.3, -0.25) is 0 Å². The van der Waals surface area contributed by atoms with E-state index in [1.54, 1.807) is 0 Å². The molecule has 2 heterocycles. The van der Waals surface area contributed by atoms with Crippen molar-refractivity contribution in [2.75, 3.05) is 34.4 Å². The average molecular weight is 342 g/mol. The van der Waals surface area contributed by atoms with Crippen LogP contribution in [-0.4, -0.2) is 13.1 Å². The van der Waals surface area contributed by atoms with Crippen molar-refractivity contribution in [3.05, 3.63) is 71.8 Å². The van der Waals surface area contributed by atoms with Crippen LogP contribution in [0.5, 0.6) is 0 Å². The van der Waals surface area contributed by atoms with E-state index in [0.29, 0.717) is 0 Å². The van der Waals surface area contributed by atoms with Crippen LogP contribution in [0, 0.1) is 0 Å². The van der Waals surface area contributed by atoms with Crippen molar-refractivity contribution in [3.63, 3.8) is 0 Å². The van der Waals surface area contributed by atoms with Gasteiger partial charge in [-0.25, -0.2) is 0 Å². The Morgan fingerprint density at radius 1 is 0.577 bits per heavy atom. The molecule has 3 aromatic rings.